The molecule has 1 saturated carbocycles. The first-order valence-corrected chi connectivity index (χ1v) is 5.40. The van der Waals surface area contributed by atoms with Gasteiger partial charge in [-0.1, -0.05) is 12.8 Å². The van der Waals surface area contributed by atoms with Gasteiger partial charge in [0.2, 0.25) is 5.91 Å². The van der Waals surface area contributed by atoms with E-state index in [1.807, 2.05) is 6.92 Å². The number of hydrogen-bond acceptors (Lipinski definition) is 1. The van der Waals surface area contributed by atoms with Gasteiger partial charge in [0.05, 0.1) is 6.04 Å². The molecule has 0 spiro atoms. The van der Waals surface area contributed by atoms with Crippen molar-refractivity contribution in [1.82, 2.24) is 5.32 Å². The van der Waals surface area contributed by atoms with Gasteiger partial charge in [-0.25, -0.2) is 0 Å². The predicted molar refractivity (Wildman–Crippen MR) is 57.6 cm³/mol. The van der Waals surface area contributed by atoms with Gasteiger partial charge in [-0.3, -0.25) is 4.79 Å². The van der Waals surface area contributed by atoms with Crippen LogP contribution in [0.5, 0.6) is 0 Å². The van der Waals surface area contributed by atoms with E-state index in [1.165, 1.54) is 12.8 Å². The van der Waals surface area contributed by atoms with Crippen molar-refractivity contribution >= 4 is 5.91 Å². The Hall–Kier alpha value is -0.970. The maximum atomic E-state index is 11.7. The summed E-state index contributed by atoms with van der Waals surface area (Å²) >= 11 is 0. The van der Waals surface area contributed by atoms with Crippen LogP contribution in [0.3, 0.4) is 0 Å². The molecule has 1 fully saturated rings. The fourth-order valence-corrected chi connectivity index (χ4v) is 1.90. The van der Waals surface area contributed by atoms with Crippen molar-refractivity contribution in [3.63, 3.8) is 0 Å². The first-order chi connectivity index (χ1) is 6.63. The molecule has 1 aliphatic rings. The standard InChI is InChI=1S/C12H19NO/c1-4-10(3)13-12(14)11-7-5-9(2)6-8-11/h1,9-11H,5-8H2,2-3H3,(H,13,14). The van der Waals surface area contributed by atoms with Crippen molar-refractivity contribution < 1.29 is 4.79 Å². The molecule has 2 nitrogen and oxygen atoms in total. The Kier molecular flexibility index (Phi) is 4.00. The monoisotopic (exact) mass is 193 g/mol. The molecule has 14 heavy (non-hydrogen) atoms. The highest BCUT2D eigenvalue weighted by Gasteiger charge is 2.24. The van der Waals surface area contributed by atoms with Crippen molar-refractivity contribution in [1.29, 1.82) is 0 Å². The molecule has 0 aliphatic heterocycles. The SMILES string of the molecule is C#CC(C)NC(=O)C1CCC(C)CC1. The maximum Gasteiger partial charge on any atom is 0.224 e. The fourth-order valence-electron chi connectivity index (χ4n) is 1.90. The zero-order valence-electron chi connectivity index (χ0n) is 9.05. The van der Waals surface area contributed by atoms with Crippen LogP contribution in [0.1, 0.15) is 39.5 Å². The van der Waals surface area contributed by atoms with Crippen LogP contribution in [0.25, 0.3) is 0 Å². The zero-order valence-corrected chi connectivity index (χ0v) is 9.05. The second-order valence-electron chi connectivity index (χ2n) is 4.35. The van der Waals surface area contributed by atoms with E-state index in [2.05, 4.69) is 18.2 Å². The third-order valence-electron chi connectivity index (χ3n) is 3.00. The molecule has 1 atom stereocenters. The lowest BCUT2D eigenvalue weighted by molar-refractivity contribution is -0.126. The Balaban J connectivity index is 2.35. The summed E-state index contributed by atoms with van der Waals surface area (Å²) in [6, 6.07) is -0.137. The molecule has 1 N–H and O–H groups in total. The summed E-state index contributed by atoms with van der Waals surface area (Å²) < 4.78 is 0. The van der Waals surface area contributed by atoms with Crippen LogP contribution < -0.4 is 5.32 Å². The number of amides is 1. The Morgan fingerprint density at radius 1 is 1.43 bits per heavy atom. The summed E-state index contributed by atoms with van der Waals surface area (Å²) in [5.41, 5.74) is 0. The number of hydrogen-bond donors (Lipinski definition) is 1. The summed E-state index contributed by atoms with van der Waals surface area (Å²) in [5, 5.41) is 2.84. The molecule has 0 aromatic carbocycles. The number of nitrogens with one attached hydrogen (secondary N) is 1. The Labute approximate surface area is 86.5 Å². The van der Waals surface area contributed by atoms with E-state index in [1.54, 1.807) is 0 Å². The van der Waals surface area contributed by atoms with Crippen molar-refractivity contribution in [3.05, 3.63) is 0 Å². The summed E-state index contributed by atoms with van der Waals surface area (Å²) in [6.07, 6.45) is 9.58. The highest BCUT2D eigenvalue weighted by Crippen LogP contribution is 2.28. The normalized spacial score (nSPS) is 28.9. The molecule has 0 radical (unpaired) electrons. The molecule has 1 rings (SSSR count). The van der Waals surface area contributed by atoms with E-state index in [9.17, 15) is 4.79 Å². The maximum absolute atomic E-state index is 11.7. The van der Waals surface area contributed by atoms with Crippen LogP contribution in [0.4, 0.5) is 0 Å². The van der Waals surface area contributed by atoms with Crippen LogP contribution in [-0.4, -0.2) is 11.9 Å². The van der Waals surface area contributed by atoms with Gasteiger partial charge in [0, 0.05) is 5.92 Å². The van der Waals surface area contributed by atoms with Gasteiger partial charge in [0.15, 0.2) is 0 Å². The van der Waals surface area contributed by atoms with Gasteiger partial charge in [0.25, 0.3) is 0 Å². The highest BCUT2D eigenvalue weighted by molar-refractivity contribution is 5.79. The topological polar surface area (TPSA) is 29.1 Å². The lowest BCUT2D eigenvalue weighted by atomic mass is 9.82. The average molecular weight is 193 g/mol. The molecular formula is C12H19NO. The summed E-state index contributed by atoms with van der Waals surface area (Å²) in [6.45, 7) is 4.08. The molecule has 2 heteroatoms. The predicted octanol–water partition coefficient (Wildman–Crippen LogP) is 1.95. The molecule has 1 aliphatic carbocycles. The summed E-state index contributed by atoms with van der Waals surface area (Å²) in [5.74, 6) is 3.63. The lowest BCUT2D eigenvalue weighted by Crippen LogP contribution is -2.37. The van der Waals surface area contributed by atoms with Crippen molar-refractivity contribution in [2.24, 2.45) is 11.8 Å². The van der Waals surface area contributed by atoms with Crippen molar-refractivity contribution in [3.8, 4) is 12.3 Å². The third kappa shape index (κ3) is 3.06. The Bertz CT molecular complexity index is 233. The first kappa shape index (κ1) is 11.1. The molecule has 0 heterocycles. The highest BCUT2D eigenvalue weighted by atomic mass is 16.1. The molecule has 1 amide bonds. The van der Waals surface area contributed by atoms with E-state index in [-0.39, 0.29) is 17.9 Å². The number of terminal acetylenes is 1. The largest absolute Gasteiger partial charge is 0.343 e. The number of rotatable bonds is 2. The summed E-state index contributed by atoms with van der Waals surface area (Å²) in [7, 11) is 0. The Morgan fingerprint density at radius 3 is 2.50 bits per heavy atom. The quantitative estimate of drug-likeness (QED) is 0.667. The van der Waals surface area contributed by atoms with E-state index >= 15 is 0 Å². The van der Waals surface area contributed by atoms with Gasteiger partial charge in [-0.05, 0) is 38.5 Å². The van der Waals surface area contributed by atoms with Crippen LogP contribution in [-0.2, 0) is 4.79 Å². The average Bonchev–Trinajstić information content (AvgIpc) is 2.18. The Morgan fingerprint density at radius 2 is 2.00 bits per heavy atom. The smallest absolute Gasteiger partial charge is 0.224 e. The van der Waals surface area contributed by atoms with Crippen LogP contribution in [0.15, 0.2) is 0 Å². The molecule has 0 bridgehead atoms. The van der Waals surface area contributed by atoms with Crippen LogP contribution in [0, 0.1) is 24.2 Å². The second kappa shape index (κ2) is 5.05. The minimum Gasteiger partial charge on any atom is -0.343 e. The number of carbonyl (C=O) groups excluding carboxylic acids is 1. The van der Waals surface area contributed by atoms with Gasteiger partial charge in [-0.2, -0.15) is 0 Å². The molecule has 0 saturated heterocycles. The minimum absolute atomic E-state index is 0.137. The number of carbonyl (C=O) groups is 1. The molecule has 0 aromatic heterocycles. The van der Waals surface area contributed by atoms with Gasteiger partial charge < -0.3 is 5.32 Å². The van der Waals surface area contributed by atoms with E-state index < -0.39 is 0 Å². The van der Waals surface area contributed by atoms with Crippen LogP contribution >= 0.6 is 0 Å². The molecular weight excluding hydrogens is 174 g/mol. The second-order valence-corrected chi connectivity index (χ2v) is 4.35. The van der Waals surface area contributed by atoms with Gasteiger partial charge in [0.1, 0.15) is 0 Å². The van der Waals surface area contributed by atoms with Crippen LogP contribution in [0.2, 0.25) is 0 Å². The molecule has 0 aromatic rings. The third-order valence-corrected chi connectivity index (χ3v) is 3.00. The molecule has 78 valence electrons. The molecule has 1 unspecified atom stereocenters. The van der Waals surface area contributed by atoms with E-state index in [0.29, 0.717) is 0 Å². The summed E-state index contributed by atoms with van der Waals surface area (Å²) in [4.78, 5) is 11.7. The minimum atomic E-state index is -0.137. The van der Waals surface area contributed by atoms with Crippen molar-refractivity contribution in [2.45, 2.75) is 45.6 Å². The fraction of sp³-hybridized carbons (Fsp3) is 0.750. The zero-order chi connectivity index (χ0) is 10.6. The van der Waals surface area contributed by atoms with E-state index in [0.717, 1.165) is 18.8 Å². The first-order valence-electron chi connectivity index (χ1n) is 5.40. The van der Waals surface area contributed by atoms with Gasteiger partial charge in [-0.15, -0.1) is 6.42 Å². The lowest BCUT2D eigenvalue weighted by Gasteiger charge is -2.25. The van der Waals surface area contributed by atoms with Crippen molar-refractivity contribution in [2.75, 3.05) is 0 Å². The van der Waals surface area contributed by atoms with Gasteiger partial charge >= 0.3 is 0 Å². The van der Waals surface area contributed by atoms with E-state index in [4.69, 9.17) is 6.42 Å².